The predicted octanol–water partition coefficient (Wildman–Crippen LogP) is 2.89. The van der Waals surface area contributed by atoms with Crippen LogP contribution in [0.4, 0.5) is 5.69 Å². The molecule has 0 aliphatic heterocycles. The van der Waals surface area contributed by atoms with Gasteiger partial charge in [0, 0.05) is 12.2 Å². The highest BCUT2D eigenvalue weighted by Gasteiger charge is 2.35. The number of methoxy groups -OCH3 is 1. The fourth-order valence-electron chi connectivity index (χ4n) is 2.20. The first kappa shape index (κ1) is 12.5. The quantitative estimate of drug-likeness (QED) is 0.850. The van der Waals surface area contributed by atoms with Crippen molar-refractivity contribution in [3.8, 4) is 5.75 Å². The molecule has 0 heterocycles. The number of nitrogens with two attached hydrogens (primary N) is 1. The second-order valence-electron chi connectivity index (χ2n) is 4.76. The Morgan fingerprint density at radius 2 is 2.24 bits per heavy atom. The summed E-state index contributed by atoms with van der Waals surface area (Å²) >= 11 is 6.07. The van der Waals surface area contributed by atoms with Gasteiger partial charge in [-0.3, -0.25) is 0 Å². The van der Waals surface area contributed by atoms with E-state index in [9.17, 15) is 0 Å². The normalized spacial score (nSPS) is 17.4. The molecule has 1 aliphatic carbocycles. The van der Waals surface area contributed by atoms with Crippen LogP contribution in [0, 0.1) is 5.41 Å². The highest BCUT2D eigenvalue weighted by atomic mass is 35.5. The van der Waals surface area contributed by atoms with E-state index < -0.39 is 0 Å². The summed E-state index contributed by atoms with van der Waals surface area (Å²) in [6.45, 7) is 1.68. The van der Waals surface area contributed by atoms with Crippen molar-refractivity contribution >= 4 is 17.3 Å². The average Bonchev–Trinajstić information content (AvgIpc) is 2.28. The Hall–Kier alpha value is -0.930. The highest BCUT2D eigenvalue weighted by Crippen LogP contribution is 2.40. The molecule has 1 fully saturated rings. The summed E-state index contributed by atoms with van der Waals surface area (Å²) in [5.74, 6) is 0.703. The van der Waals surface area contributed by atoms with Gasteiger partial charge >= 0.3 is 0 Å². The SMILES string of the molecule is COc1ccc(NCC2(CN)CCC2)cc1Cl. The van der Waals surface area contributed by atoms with Crippen molar-refractivity contribution in [1.29, 1.82) is 0 Å². The largest absolute Gasteiger partial charge is 0.495 e. The Kier molecular flexibility index (Phi) is 3.79. The molecule has 4 heteroatoms. The number of anilines is 1. The van der Waals surface area contributed by atoms with E-state index in [1.807, 2.05) is 18.2 Å². The Morgan fingerprint density at radius 1 is 1.47 bits per heavy atom. The van der Waals surface area contributed by atoms with Gasteiger partial charge in [0.25, 0.3) is 0 Å². The van der Waals surface area contributed by atoms with Gasteiger partial charge in [0.2, 0.25) is 0 Å². The van der Waals surface area contributed by atoms with Gasteiger partial charge in [0.1, 0.15) is 5.75 Å². The monoisotopic (exact) mass is 254 g/mol. The van der Waals surface area contributed by atoms with Gasteiger partial charge in [0.15, 0.2) is 0 Å². The first-order valence-corrected chi connectivity index (χ1v) is 6.34. The van der Waals surface area contributed by atoms with Crippen LogP contribution in [0.15, 0.2) is 18.2 Å². The molecule has 0 atom stereocenters. The molecular weight excluding hydrogens is 236 g/mol. The van der Waals surface area contributed by atoms with Crippen molar-refractivity contribution in [1.82, 2.24) is 0 Å². The smallest absolute Gasteiger partial charge is 0.137 e. The van der Waals surface area contributed by atoms with E-state index >= 15 is 0 Å². The van der Waals surface area contributed by atoms with E-state index in [0.29, 0.717) is 16.2 Å². The molecule has 0 aromatic heterocycles. The molecule has 1 aliphatic rings. The molecule has 3 N–H and O–H groups in total. The van der Waals surface area contributed by atoms with Crippen molar-refractivity contribution in [2.45, 2.75) is 19.3 Å². The molecule has 1 aromatic rings. The van der Waals surface area contributed by atoms with Crippen LogP contribution < -0.4 is 15.8 Å². The second kappa shape index (κ2) is 5.15. The molecule has 0 saturated heterocycles. The molecule has 0 spiro atoms. The molecule has 3 nitrogen and oxygen atoms in total. The summed E-state index contributed by atoms with van der Waals surface area (Å²) in [5.41, 5.74) is 7.14. The van der Waals surface area contributed by atoms with Crippen LogP contribution in [0.3, 0.4) is 0 Å². The maximum atomic E-state index is 6.07. The van der Waals surface area contributed by atoms with E-state index in [-0.39, 0.29) is 0 Å². The second-order valence-corrected chi connectivity index (χ2v) is 5.17. The first-order valence-electron chi connectivity index (χ1n) is 5.97. The van der Waals surface area contributed by atoms with Crippen LogP contribution in [0.2, 0.25) is 5.02 Å². The zero-order chi connectivity index (χ0) is 12.3. The molecule has 17 heavy (non-hydrogen) atoms. The zero-order valence-corrected chi connectivity index (χ0v) is 10.9. The predicted molar refractivity (Wildman–Crippen MR) is 71.8 cm³/mol. The van der Waals surface area contributed by atoms with E-state index in [2.05, 4.69) is 5.32 Å². The maximum Gasteiger partial charge on any atom is 0.137 e. The third-order valence-electron chi connectivity index (χ3n) is 3.67. The molecule has 1 saturated carbocycles. The number of nitrogens with one attached hydrogen (secondary N) is 1. The molecular formula is C13H19ClN2O. The summed E-state index contributed by atoms with van der Waals surface area (Å²) in [4.78, 5) is 0. The van der Waals surface area contributed by atoms with E-state index in [1.165, 1.54) is 19.3 Å². The van der Waals surface area contributed by atoms with Crippen molar-refractivity contribution in [2.24, 2.45) is 11.1 Å². The number of halogens is 1. The van der Waals surface area contributed by atoms with Crippen LogP contribution >= 0.6 is 11.6 Å². The first-order chi connectivity index (χ1) is 8.19. The summed E-state index contributed by atoms with van der Waals surface area (Å²) in [6.07, 6.45) is 3.74. The van der Waals surface area contributed by atoms with Crippen LogP contribution in [0.5, 0.6) is 5.75 Å². The molecule has 0 amide bonds. The molecule has 2 rings (SSSR count). The lowest BCUT2D eigenvalue weighted by Gasteiger charge is -2.41. The van der Waals surface area contributed by atoms with Crippen molar-refractivity contribution < 1.29 is 4.74 Å². The summed E-state index contributed by atoms with van der Waals surface area (Å²) in [7, 11) is 1.62. The number of hydrogen-bond acceptors (Lipinski definition) is 3. The standard InChI is InChI=1S/C13H19ClN2O/c1-17-12-4-3-10(7-11(12)14)16-9-13(8-15)5-2-6-13/h3-4,7,16H,2,5-6,8-9,15H2,1H3. The van der Waals surface area contributed by atoms with Crippen LogP contribution in [0.25, 0.3) is 0 Å². The lowest BCUT2D eigenvalue weighted by atomic mass is 9.69. The van der Waals surface area contributed by atoms with Gasteiger partial charge in [-0.05, 0) is 43.0 Å². The van der Waals surface area contributed by atoms with Crippen molar-refractivity contribution in [3.05, 3.63) is 23.2 Å². The number of hydrogen-bond donors (Lipinski definition) is 2. The third kappa shape index (κ3) is 2.67. The minimum absolute atomic E-state index is 0.298. The van der Waals surface area contributed by atoms with E-state index in [1.54, 1.807) is 7.11 Å². The van der Waals surface area contributed by atoms with Gasteiger partial charge in [-0.2, -0.15) is 0 Å². The summed E-state index contributed by atoms with van der Waals surface area (Å²) in [5, 5.41) is 4.04. The molecule has 0 radical (unpaired) electrons. The van der Waals surface area contributed by atoms with Gasteiger partial charge in [-0.25, -0.2) is 0 Å². The number of benzene rings is 1. The Bertz CT molecular complexity index is 385. The molecule has 0 unspecified atom stereocenters. The topological polar surface area (TPSA) is 47.3 Å². The Labute approximate surface area is 107 Å². The van der Waals surface area contributed by atoms with E-state index in [0.717, 1.165) is 18.8 Å². The van der Waals surface area contributed by atoms with Gasteiger partial charge < -0.3 is 15.8 Å². The minimum Gasteiger partial charge on any atom is -0.495 e. The van der Waals surface area contributed by atoms with Gasteiger partial charge in [-0.1, -0.05) is 18.0 Å². The summed E-state index contributed by atoms with van der Waals surface area (Å²) < 4.78 is 5.12. The fraction of sp³-hybridized carbons (Fsp3) is 0.538. The van der Waals surface area contributed by atoms with Crippen molar-refractivity contribution in [2.75, 3.05) is 25.5 Å². The van der Waals surface area contributed by atoms with Crippen LogP contribution in [-0.4, -0.2) is 20.2 Å². The Balaban J connectivity index is 1.97. The van der Waals surface area contributed by atoms with Gasteiger partial charge in [0.05, 0.1) is 12.1 Å². The van der Waals surface area contributed by atoms with Crippen molar-refractivity contribution in [3.63, 3.8) is 0 Å². The maximum absolute atomic E-state index is 6.07. The third-order valence-corrected chi connectivity index (χ3v) is 3.96. The summed E-state index contributed by atoms with van der Waals surface area (Å²) in [6, 6.07) is 5.75. The van der Waals surface area contributed by atoms with Crippen LogP contribution in [-0.2, 0) is 0 Å². The molecule has 1 aromatic carbocycles. The number of rotatable bonds is 5. The average molecular weight is 255 g/mol. The fourth-order valence-corrected chi connectivity index (χ4v) is 2.45. The Morgan fingerprint density at radius 3 is 2.71 bits per heavy atom. The van der Waals surface area contributed by atoms with Gasteiger partial charge in [-0.15, -0.1) is 0 Å². The van der Waals surface area contributed by atoms with Crippen LogP contribution in [0.1, 0.15) is 19.3 Å². The minimum atomic E-state index is 0.298. The lowest BCUT2D eigenvalue weighted by Crippen LogP contribution is -2.42. The zero-order valence-electron chi connectivity index (χ0n) is 10.1. The number of ether oxygens (including phenoxy) is 1. The molecule has 94 valence electrons. The lowest BCUT2D eigenvalue weighted by molar-refractivity contribution is 0.163. The molecule has 0 bridgehead atoms. The van der Waals surface area contributed by atoms with E-state index in [4.69, 9.17) is 22.1 Å². The highest BCUT2D eigenvalue weighted by molar-refractivity contribution is 6.32.